The SMILES string of the molecule is CC(C)(CO)N1CCCC12CCCC2. The van der Waals surface area contributed by atoms with Crippen LogP contribution in [0, 0.1) is 0 Å². The van der Waals surface area contributed by atoms with E-state index in [0.29, 0.717) is 5.54 Å². The molecule has 2 aliphatic rings. The third-order valence-electron chi connectivity index (χ3n) is 4.25. The van der Waals surface area contributed by atoms with Crippen molar-refractivity contribution in [3.8, 4) is 0 Å². The van der Waals surface area contributed by atoms with Crippen molar-refractivity contribution in [1.29, 1.82) is 0 Å². The number of likely N-dealkylation sites (tertiary alicyclic amines) is 1. The van der Waals surface area contributed by atoms with Crippen LogP contribution in [0.25, 0.3) is 0 Å². The summed E-state index contributed by atoms with van der Waals surface area (Å²) in [5.41, 5.74) is 0.451. The summed E-state index contributed by atoms with van der Waals surface area (Å²) in [6, 6.07) is 0. The molecule has 1 spiro atoms. The lowest BCUT2D eigenvalue weighted by Gasteiger charge is -2.45. The molecule has 0 bridgehead atoms. The molecule has 0 unspecified atom stereocenters. The standard InChI is InChI=1S/C12H23NO/c1-11(2,10-14)13-9-5-8-12(13)6-3-4-7-12/h14H,3-10H2,1-2H3. The van der Waals surface area contributed by atoms with E-state index in [9.17, 15) is 5.11 Å². The molecule has 1 aliphatic carbocycles. The van der Waals surface area contributed by atoms with Crippen molar-refractivity contribution in [2.24, 2.45) is 0 Å². The molecule has 14 heavy (non-hydrogen) atoms. The summed E-state index contributed by atoms with van der Waals surface area (Å²) >= 11 is 0. The summed E-state index contributed by atoms with van der Waals surface area (Å²) in [5, 5.41) is 9.46. The second kappa shape index (κ2) is 3.49. The zero-order valence-corrected chi connectivity index (χ0v) is 9.55. The van der Waals surface area contributed by atoms with Gasteiger partial charge in [-0.05, 0) is 46.1 Å². The van der Waals surface area contributed by atoms with E-state index >= 15 is 0 Å². The van der Waals surface area contributed by atoms with Gasteiger partial charge in [-0.15, -0.1) is 0 Å². The van der Waals surface area contributed by atoms with Gasteiger partial charge in [0.05, 0.1) is 6.61 Å². The van der Waals surface area contributed by atoms with Crippen molar-refractivity contribution in [3.05, 3.63) is 0 Å². The highest BCUT2D eigenvalue weighted by molar-refractivity contribution is 5.04. The zero-order valence-electron chi connectivity index (χ0n) is 9.55. The molecule has 0 atom stereocenters. The summed E-state index contributed by atoms with van der Waals surface area (Å²) in [4.78, 5) is 2.59. The van der Waals surface area contributed by atoms with Gasteiger partial charge < -0.3 is 5.11 Å². The van der Waals surface area contributed by atoms with Gasteiger partial charge in [0.15, 0.2) is 0 Å². The lowest BCUT2D eigenvalue weighted by atomic mass is 9.90. The molecule has 2 rings (SSSR count). The van der Waals surface area contributed by atoms with Crippen molar-refractivity contribution < 1.29 is 5.11 Å². The van der Waals surface area contributed by atoms with Gasteiger partial charge >= 0.3 is 0 Å². The normalized spacial score (nSPS) is 27.6. The van der Waals surface area contributed by atoms with Crippen LogP contribution in [-0.4, -0.2) is 34.2 Å². The first kappa shape index (κ1) is 10.4. The van der Waals surface area contributed by atoms with E-state index in [2.05, 4.69) is 18.7 Å². The van der Waals surface area contributed by atoms with Crippen LogP contribution in [0.4, 0.5) is 0 Å². The van der Waals surface area contributed by atoms with E-state index in [1.165, 1.54) is 45.1 Å². The first-order chi connectivity index (χ1) is 6.61. The lowest BCUT2D eigenvalue weighted by Crippen LogP contribution is -2.55. The molecule has 2 heteroatoms. The Kier molecular flexibility index (Phi) is 2.61. The minimum Gasteiger partial charge on any atom is -0.394 e. The Balaban J connectivity index is 2.18. The molecule has 2 fully saturated rings. The van der Waals surface area contributed by atoms with E-state index in [1.54, 1.807) is 0 Å². The molecule has 1 heterocycles. The Morgan fingerprint density at radius 1 is 1.14 bits per heavy atom. The third kappa shape index (κ3) is 1.49. The van der Waals surface area contributed by atoms with Crippen molar-refractivity contribution in [2.45, 2.75) is 63.5 Å². The second-order valence-electron chi connectivity index (χ2n) is 5.66. The van der Waals surface area contributed by atoms with Gasteiger partial charge in [-0.3, -0.25) is 4.90 Å². The van der Waals surface area contributed by atoms with E-state index in [-0.39, 0.29) is 12.1 Å². The Morgan fingerprint density at radius 2 is 1.71 bits per heavy atom. The van der Waals surface area contributed by atoms with Gasteiger partial charge in [0.2, 0.25) is 0 Å². The fourth-order valence-electron chi connectivity index (χ4n) is 3.52. The van der Waals surface area contributed by atoms with E-state index < -0.39 is 0 Å². The average molecular weight is 197 g/mol. The van der Waals surface area contributed by atoms with Crippen molar-refractivity contribution in [3.63, 3.8) is 0 Å². The van der Waals surface area contributed by atoms with Crippen molar-refractivity contribution >= 4 is 0 Å². The van der Waals surface area contributed by atoms with Gasteiger partial charge in [-0.2, -0.15) is 0 Å². The van der Waals surface area contributed by atoms with Crippen LogP contribution in [-0.2, 0) is 0 Å². The smallest absolute Gasteiger partial charge is 0.0610 e. The highest BCUT2D eigenvalue weighted by Gasteiger charge is 2.48. The molecule has 0 aromatic rings. The number of aliphatic hydroxyl groups excluding tert-OH is 1. The first-order valence-electron chi connectivity index (χ1n) is 5.99. The molecule has 2 nitrogen and oxygen atoms in total. The molecule has 82 valence electrons. The number of hydrogen-bond donors (Lipinski definition) is 1. The molecule has 1 N–H and O–H groups in total. The summed E-state index contributed by atoms with van der Waals surface area (Å²) in [5.74, 6) is 0. The minimum absolute atomic E-state index is 0.0131. The first-order valence-corrected chi connectivity index (χ1v) is 5.99. The molecule has 0 radical (unpaired) electrons. The van der Waals surface area contributed by atoms with E-state index in [1.807, 2.05) is 0 Å². The maximum atomic E-state index is 9.46. The van der Waals surface area contributed by atoms with Gasteiger partial charge in [0.1, 0.15) is 0 Å². The molecule has 0 aromatic heterocycles. The molecule has 0 amide bonds. The summed E-state index contributed by atoms with van der Waals surface area (Å²) in [7, 11) is 0. The molecular formula is C12H23NO. The number of aliphatic hydroxyl groups is 1. The molecule has 1 saturated heterocycles. The molecular weight excluding hydrogens is 174 g/mol. The minimum atomic E-state index is -0.0131. The van der Waals surface area contributed by atoms with Crippen LogP contribution >= 0.6 is 0 Å². The van der Waals surface area contributed by atoms with E-state index in [0.717, 1.165) is 0 Å². The van der Waals surface area contributed by atoms with Crippen LogP contribution in [0.5, 0.6) is 0 Å². The van der Waals surface area contributed by atoms with Gasteiger partial charge in [0, 0.05) is 11.1 Å². The second-order valence-corrected chi connectivity index (χ2v) is 5.66. The van der Waals surface area contributed by atoms with Crippen molar-refractivity contribution in [2.75, 3.05) is 13.2 Å². The van der Waals surface area contributed by atoms with Crippen LogP contribution in [0.1, 0.15) is 52.4 Å². The predicted molar refractivity (Wildman–Crippen MR) is 58.3 cm³/mol. The Bertz CT molecular complexity index is 201. The Hall–Kier alpha value is -0.0800. The fraction of sp³-hybridized carbons (Fsp3) is 1.00. The van der Waals surface area contributed by atoms with E-state index in [4.69, 9.17) is 0 Å². The van der Waals surface area contributed by atoms with Gasteiger partial charge in [-0.1, -0.05) is 12.8 Å². The molecule has 1 aliphatic heterocycles. The fourth-order valence-corrected chi connectivity index (χ4v) is 3.52. The highest BCUT2D eigenvalue weighted by atomic mass is 16.3. The topological polar surface area (TPSA) is 23.5 Å². The summed E-state index contributed by atoms with van der Waals surface area (Å²) in [6.07, 6.45) is 8.17. The summed E-state index contributed by atoms with van der Waals surface area (Å²) in [6.45, 7) is 5.83. The largest absolute Gasteiger partial charge is 0.394 e. The Labute approximate surface area is 87.3 Å². The number of hydrogen-bond acceptors (Lipinski definition) is 2. The van der Waals surface area contributed by atoms with Crippen LogP contribution in [0.2, 0.25) is 0 Å². The quantitative estimate of drug-likeness (QED) is 0.733. The maximum Gasteiger partial charge on any atom is 0.0610 e. The van der Waals surface area contributed by atoms with Crippen molar-refractivity contribution in [1.82, 2.24) is 4.90 Å². The molecule has 0 aromatic carbocycles. The number of nitrogens with zero attached hydrogens (tertiary/aromatic N) is 1. The zero-order chi connectivity index (χ0) is 10.2. The van der Waals surface area contributed by atoms with Crippen LogP contribution in [0.15, 0.2) is 0 Å². The van der Waals surface area contributed by atoms with Crippen LogP contribution in [0.3, 0.4) is 0 Å². The highest BCUT2D eigenvalue weighted by Crippen LogP contribution is 2.46. The predicted octanol–water partition coefficient (Wildman–Crippen LogP) is 2.17. The van der Waals surface area contributed by atoms with Gasteiger partial charge in [0.25, 0.3) is 0 Å². The Morgan fingerprint density at radius 3 is 2.29 bits per heavy atom. The molecule has 1 saturated carbocycles. The monoisotopic (exact) mass is 197 g/mol. The lowest BCUT2D eigenvalue weighted by molar-refractivity contribution is -0.00113. The van der Waals surface area contributed by atoms with Crippen LogP contribution < -0.4 is 0 Å². The van der Waals surface area contributed by atoms with Gasteiger partial charge in [-0.25, -0.2) is 0 Å². The maximum absolute atomic E-state index is 9.46. The number of rotatable bonds is 2. The third-order valence-corrected chi connectivity index (χ3v) is 4.25. The average Bonchev–Trinajstić information content (AvgIpc) is 2.77. The summed E-state index contributed by atoms with van der Waals surface area (Å²) < 4.78 is 0.